The molecule has 0 saturated heterocycles. The summed E-state index contributed by atoms with van der Waals surface area (Å²) in [5.41, 5.74) is 0. The van der Waals surface area contributed by atoms with Crippen molar-refractivity contribution in [3.8, 4) is 0 Å². The van der Waals surface area contributed by atoms with Crippen molar-refractivity contribution in [2.24, 2.45) is 0 Å². The predicted octanol–water partition coefficient (Wildman–Crippen LogP) is 5.64. The van der Waals surface area contributed by atoms with Gasteiger partial charge in [0.2, 0.25) is 0 Å². The van der Waals surface area contributed by atoms with Crippen molar-refractivity contribution in [2.45, 2.75) is 104 Å². The molecule has 0 unspecified atom stereocenters. The molecule has 0 aliphatic rings. The van der Waals surface area contributed by atoms with E-state index in [1.54, 1.807) is 0 Å². The van der Waals surface area contributed by atoms with Crippen molar-refractivity contribution in [3.05, 3.63) is 0 Å². The molecule has 0 heterocycles. The molecule has 112 valence electrons. The van der Waals surface area contributed by atoms with E-state index in [4.69, 9.17) is 0 Å². The van der Waals surface area contributed by atoms with Crippen molar-refractivity contribution in [1.82, 2.24) is 0 Å². The van der Waals surface area contributed by atoms with Gasteiger partial charge in [-0.15, -0.1) is 0 Å². The molecule has 0 bridgehead atoms. The molecule has 0 aromatic heterocycles. The van der Waals surface area contributed by atoms with Crippen LogP contribution in [0.15, 0.2) is 0 Å². The molecular formula is C16H37OP. The van der Waals surface area contributed by atoms with Gasteiger partial charge in [0.05, 0.1) is 0 Å². The van der Waals surface area contributed by atoms with Gasteiger partial charge in [-0.05, 0) is 0 Å². The second-order valence-electron chi connectivity index (χ2n) is 9.75. The summed E-state index contributed by atoms with van der Waals surface area (Å²) in [5.74, 6) is 0. The molecule has 0 aliphatic heterocycles. The topological polar surface area (TPSA) is 20.2 Å². The van der Waals surface area contributed by atoms with Gasteiger partial charge >= 0.3 is 115 Å². The molecule has 18 heavy (non-hydrogen) atoms. The van der Waals surface area contributed by atoms with Crippen LogP contribution in [0.3, 0.4) is 0 Å². The van der Waals surface area contributed by atoms with E-state index >= 15 is 0 Å². The second-order valence-corrected chi connectivity index (χ2v) is 17.3. The molecule has 0 atom stereocenters. The van der Waals surface area contributed by atoms with Gasteiger partial charge in [0.25, 0.3) is 0 Å². The molecule has 0 spiro atoms. The molecule has 0 amide bonds. The zero-order chi connectivity index (χ0) is 15.4. The third kappa shape index (κ3) is 1.66. The summed E-state index contributed by atoms with van der Waals surface area (Å²) in [6.45, 7) is 23.6. The first-order chi connectivity index (χ1) is 7.34. The van der Waals surface area contributed by atoms with E-state index in [2.05, 4.69) is 83.1 Å². The van der Waals surface area contributed by atoms with Crippen molar-refractivity contribution < 1.29 is 4.89 Å². The monoisotopic (exact) mass is 276 g/mol. The molecule has 0 rings (SSSR count). The quantitative estimate of drug-likeness (QED) is 0.567. The summed E-state index contributed by atoms with van der Waals surface area (Å²) in [4.78, 5) is 12.4. The van der Waals surface area contributed by atoms with Gasteiger partial charge in [-0.2, -0.15) is 0 Å². The zero-order valence-corrected chi connectivity index (χ0v) is 15.8. The summed E-state index contributed by atoms with van der Waals surface area (Å²) in [7, 11) is 0. The van der Waals surface area contributed by atoms with Crippen molar-refractivity contribution >= 4 is 6.83 Å². The van der Waals surface area contributed by atoms with Crippen LogP contribution in [-0.2, 0) is 0 Å². The van der Waals surface area contributed by atoms with Crippen LogP contribution in [0.25, 0.3) is 0 Å². The Morgan fingerprint density at radius 2 is 0.556 bits per heavy atom. The normalized spacial score (nSPS) is 18.4. The van der Waals surface area contributed by atoms with E-state index in [0.29, 0.717) is 0 Å². The summed E-state index contributed by atoms with van der Waals surface area (Å²) < 4.78 is 0. The van der Waals surface area contributed by atoms with E-state index < -0.39 is 6.83 Å². The van der Waals surface area contributed by atoms with Gasteiger partial charge in [-0.1, -0.05) is 0 Å². The van der Waals surface area contributed by atoms with Gasteiger partial charge < -0.3 is 0 Å². The minimum atomic E-state index is -3.11. The molecule has 1 N–H and O–H groups in total. The Morgan fingerprint density at radius 1 is 0.444 bits per heavy atom. The average Bonchev–Trinajstić information content (AvgIpc) is 1.92. The third-order valence-electron chi connectivity index (χ3n) is 5.22. The SMILES string of the molecule is CC(C)(C)P(O)(C(C)(C)C)(C(C)(C)C)C(C)(C)C. The predicted molar refractivity (Wildman–Crippen MR) is 88.2 cm³/mol. The third-order valence-corrected chi connectivity index (χ3v) is 15.7. The summed E-state index contributed by atoms with van der Waals surface area (Å²) >= 11 is 0. The van der Waals surface area contributed by atoms with Gasteiger partial charge in [-0.3, -0.25) is 0 Å². The first-order valence-corrected chi connectivity index (χ1v) is 9.28. The van der Waals surface area contributed by atoms with Crippen LogP contribution in [-0.4, -0.2) is 25.5 Å². The molecule has 0 saturated carbocycles. The van der Waals surface area contributed by atoms with Crippen molar-refractivity contribution in [2.75, 3.05) is 0 Å². The Morgan fingerprint density at radius 3 is 0.556 bits per heavy atom. The maximum absolute atomic E-state index is 12.4. The molecule has 1 nitrogen and oxygen atoms in total. The Labute approximate surface area is 116 Å². The van der Waals surface area contributed by atoms with Gasteiger partial charge in [0.1, 0.15) is 0 Å². The van der Waals surface area contributed by atoms with E-state index in [-0.39, 0.29) is 20.6 Å². The molecule has 2 heteroatoms. The Kier molecular flexibility index (Phi) is 4.04. The first kappa shape index (κ1) is 18.4. The summed E-state index contributed by atoms with van der Waals surface area (Å²) in [6.07, 6.45) is 0. The standard InChI is InChI=1S/C16H37OP/c1-13(2,3)18(17,14(4,5)6,15(7,8)9)16(10,11)12/h17H,1-12H3. The minimum absolute atomic E-state index is 0.111. The van der Waals surface area contributed by atoms with Crippen LogP contribution in [0.5, 0.6) is 0 Å². The number of hydrogen-bond donors (Lipinski definition) is 1. The molecule has 0 aliphatic carbocycles. The van der Waals surface area contributed by atoms with Crippen molar-refractivity contribution in [3.63, 3.8) is 0 Å². The average molecular weight is 276 g/mol. The zero-order valence-electron chi connectivity index (χ0n) is 14.9. The fraction of sp³-hybridized carbons (Fsp3) is 1.00. The maximum atomic E-state index is 12.4. The van der Waals surface area contributed by atoms with E-state index in [9.17, 15) is 4.89 Å². The Hall–Kier alpha value is 0.390. The second kappa shape index (κ2) is 3.95. The Balaban J connectivity index is 6.90. The van der Waals surface area contributed by atoms with E-state index in [1.807, 2.05) is 0 Å². The summed E-state index contributed by atoms with van der Waals surface area (Å²) in [5, 5.41) is -0.443. The van der Waals surface area contributed by atoms with E-state index in [1.165, 1.54) is 0 Å². The van der Waals surface area contributed by atoms with Gasteiger partial charge in [0, 0.05) is 0 Å². The van der Waals surface area contributed by atoms with Crippen LogP contribution in [0.2, 0.25) is 0 Å². The van der Waals surface area contributed by atoms with Gasteiger partial charge in [-0.25, -0.2) is 0 Å². The molecule has 0 aromatic rings. The van der Waals surface area contributed by atoms with Crippen molar-refractivity contribution in [1.29, 1.82) is 0 Å². The fourth-order valence-electron chi connectivity index (χ4n) is 6.04. The van der Waals surface area contributed by atoms with Crippen LogP contribution < -0.4 is 0 Å². The first-order valence-electron chi connectivity index (χ1n) is 7.09. The number of rotatable bonds is 0. The number of hydrogen-bond acceptors (Lipinski definition) is 1. The molecule has 0 radical (unpaired) electrons. The summed E-state index contributed by atoms with van der Waals surface area (Å²) in [6, 6.07) is 0. The van der Waals surface area contributed by atoms with Gasteiger partial charge in [0.15, 0.2) is 0 Å². The Bertz CT molecular complexity index is 247. The van der Waals surface area contributed by atoms with Crippen LogP contribution >= 0.6 is 6.83 Å². The molecule has 0 fully saturated rings. The molecule has 0 aromatic carbocycles. The molecular weight excluding hydrogens is 239 g/mol. The van der Waals surface area contributed by atoms with Crippen LogP contribution in [0.1, 0.15) is 83.1 Å². The fourth-order valence-corrected chi connectivity index (χ4v) is 18.1. The van der Waals surface area contributed by atoms with Crippen LogP contribution in [0, 0.1) is 0 Å². The van der Waals surface area contributed by atoms with E-state index in [0.717, 1.165) is 0 Å². The van der Waals surface area contributed by atoms with Crippen LogP contribution in [0.4, 0.5) is 0 Å².